The van der Waals surface area contributed by atoms with Gasteiger partial charge in [-0.2, -0.15) is 0 Å². The molecule has 1 unspecified atom stereocenters. The lowest BCUT2D eigenvalue weighted by Crippen LogP contribution is -2.26. The standard InChI is InChI=1S/C26H32N2O2.C2H6/c1-5-6-9-20(3)28-25(16-17-27-4)19(2)18-21-12-14-22(15-13-21)23-10-7-8-11-24(23)26(29)30;1-2/h5-15,20,27-28H,1,16-18H2,2-4H3,(H,29,30);1-2H3/b9-6-,25-19+;. The quantitative estimate of drug-likeness (QED) is 0.367. The molecule has 2 rings (SSSR count). The summed E-state index contributed by atoms with van der Waals surface area (Å²) in [5, 5.41) is 16.3. The molecule has 0 bridgehead atoms. The van der Waals surface area contributed by atoms with Crippen molar-refractivity contribution in [1.82, 2.24) is 10.6 Å². The molecule has 0 aliphatic carbocycles. The van der Waals surface area contributed by atoms with Crippen molar-refractivity contribution < 1.29 is 9.90 Å². The second kappa shape index (κ2) is 14.8. The Labute approximate surface area is 193 Å². The van der Waals surface area contributed by atoms with Gasteiger partial charge in [-0.3, -0.25) is 0 Å². The van der Waals surface area contributed by atoms with Gasteiger partial charge in [0.1, 0.15) is 0 Å². The van der Waals surface area contributed by atoms with Gasteiger partial charge in [0.15, 0.2) is 0 Å². The molecule has 0 fully saturated rings. The molecule has 172 valence electrons. The van der Waals surface area contributed by atoms with Gasteiger partial charge in [-0.25, -0.2) is 4.79 Å². The van der Waals surface area contributed by atoms with E-state index in [4.69, 9.17) is 0 Å². The highest BCUT2D eigenvalue weighted by Crippen LogP contribution is 2.25. The second-order valence-corrected chi connectivity index (χ2v) is 7.39. The van der Waals surface area contributed by atoms with Gasteiger partial charge in [0.25, 0.3) is 0 Å². The van der Waals surface area contributed by atoms with E-state index >= 15 is 0 Å². The molecule has 0 amide bonds. The van der Waals surface area contributed by atoms with Crippen LogP contribution in [0.5, 0.6) is 0 Å². The smallest absolute Gasteiger partial charge is 0.336 e. The third-order valence-electron chi connectivity index (χ3n) is 4.97. The van der Waals surface area contributed by atoms with Crippen LogP contribution < -0.4 is 10.6 Å². The van der Waals surface area contributed by atoms with Crippen LogP contribution in [0.15, 0.2) is 84.6 Å². The molecular weight excluding hydrogens is 396 g/mol. The molecule has 0 spiro atoms. The van der Waals surface area contributed by atoms with Gasteiger partial charge in [0.05, 0.1) is 5.56 Å². The van der Waals surface area contributed by atoms with E-state index in [2.05, 4.69) is 49.3 Å². The zero-order chi connectivity index (χ0) is 23.9. The van der Waals surface area contributed by atoms with Gasteiger partial charge in [-0.1, -0.05) is 81.1 Å². The Morgan fingerprint density at radius 3 is 2.38 bits per heavy atom. The van der Waals surface area contributed by atoms with Gasteiger partial charge >= 0.3 is 5.97 Å². The average Bonchev–Trinajstić information content (AvgIpc) is 2.82. The molecule has 2 aromatic rings. The number of nitrogens with one attached hydrogen (secondary N) is 2. The molecule has 0 heterocycles. The first-order valence-corrected chi connectivity index (χ1v) is 11.3. The Balaban J connectivity index is 0.00000249. The van der Waals surface area contributed by atoms with Crippen LogP contribution in [0.3, 0.4) is 0 Å². The summed E-state index contributed by atoms with van der Waals surface area (Å²) in [6.07, 6.45) is 7.60. The van der Waals surface area contributed by atoms with Crippen molar-refractivity contribution in [3.63, 3.8) is 0 Å². The molecule has 1 atom stereocenters. The maximum Gasteiger partial charge on any atom is 0.336 e. The molecule has 0 saturated heterocycles. The molecule has 4 heteroatoms. The van der Waals surface area contributed by atoms with E-state index in [-0.39, 0.29) is 6.04 Å². The molecule has 0 aliphatic rings. The number of hydrogen-bond acceptors (Lipinski definition) is 3. The number of allylic oxidation sites excluding steroid dienone is 3. The Bertz CT molecular complexity index is 911. The minimum Gasteiger partial charge on any atom is -0.478 e. The van der Waals surface area contributed by atoms with Gasteiger partial charge in [0, 0.05) is 18.3 Å². The summed E-state index contributed by atoms with van der Waals surface area (Å²) in [5.41, 5.74) is 5.70. The summed E-state index contributed by atoms with van der Waals surface area (Å²) in [7, 11) is 1.96. The van der Waals surface area contributed by atoms with Gasteiger partial charge < -0.3 is 15.7 Å². The number of carbonyl (C=O) groups is 1. The zero-order valence-corrected chi connectivity index (χ0v) is 20.1. The fourth-order valence-electron chi connectivity index (χ4n) is 3.36. The van der Waals surface area contributed by atoms with Crippen molar-refractivity contribution >= 4 is 5.97 Å². The average molecular weight is 435 g/mol. The minimum absolute atomic E-state index is 0.222. The van der Waals surface area contributed by atoms with Crippen LogP contribution in [0, 0.1) is 0 Å². The fraction of sp³-hybridized carbons (Fsp3) is 0.321. The second-order valence-electron chi connectivity index (χ2n) is 7.39. The van der Waals surface area contributed by atoms with E-state index in [1.807, 2.05) is 51.2 Å². The Kier molecular flexibility index (Phi) is 12.5. The number of carboxylic acid groups (broad SMARTS) is 1. The predicted octanol–water partition coefficient (Wildman–Crippen LogP) is 6.22. The van der Waals surface area contributed by atoms with Gasteiger partial charge in [0.2, 0.25) is 0 Å². The van der Waals surface area contributed by atoms with Crippen LogP contribution in [-0.2, 0) is 6.42 Å². The van der Waals surface area contributed by atoms with Gasteiger partial charge in [-0.15, -0.1) is 0 Å². The van der Waals surface area contributed by atoms with Gasteiger partial charge in [-0.05, 0) is 62.1 Å². The van der Waals surface area contributed by atoms with Crippen molar-refractivity contribution in [2.45, 2.75) is 46.6 Å². The van der Waals surface area contributed by atoms with Crippen molar-refractivity contribution in [3.8, 4) is 11.1 Å². The van der Waals surface area contributed by atoms with Crippen molar-refractivity contribution in [2.75, 3.05) is 13.6 Å². The summed E-state index contributed by atoms with van der Waals surface area (Å²) in [6, 6.07) is 15.5. The highest BCUT2D eigenvalue weighted by atomic mass is 16.4. The highest BCUT2D eigenvalue weighted by Gasteiger charge is 2.11. The van der Waals surface area contributed by atoms with E-state index in [1.54, 1.807) is 18.2 Å². The maximum absolute atomic E-state index is 11.5. The molecule has 2 aromatic carbocycles. The summed E-state index contributed by atoms with van der Waals surface area (Å²) >= 11 is 0. The first-order chi connectivity index (χ1) is 15.5. The van der Waals surface area contributed by atoms with E-state index in [9.17, 15) is 9.90 Å². The highest BCUT2D eigenvalue weighted by molar-refractivity contribution is 5.95. The van der Waals surface area contributed by atoms with Crippen molar-refractivity contribution in [3.05, 3.63) is 95.7 Å². The SMILES string of the molecule is C=C/C=C\C(C)N/C(CCNC)=C(\C)Cc1ccc(-c2ccccc2C(=O)O)cc1.CC. The van der Waals surface area contributed by atoms with Crippen LogP contribution in [0.1, 0.15) is 50.0 Å². The Morgan fingerprint density at radius 1 is 1.12 bits per heavy atom. The van der Waals surface area contributed by atoms with Crippen LogP contribution >= 0.6 is 0 Å². The van der Waals surface area contributed by atoms with E-state index < -0.39 is 5.97 Å². The number of rotatable bonds is 11. The third kappa shape index (κ3) is 8.56. The Morgan fingerprint density at radius 2 is 1.78 bits per heavy atom. The summed E-state index contributed by atoms with van der Waals surface area (Å²) < 4.78 is 0. The lowest BCUT2D eigenvalue weighted by molar-refractivity contribution is 0.0697. The lowest BCUT2D eigenvalue weighted by Gasteiger charge is -2.19. The van der Waals surface area contributed by atoms with Crippen LogP contribution in [0.25, 0.3) is 11.1 Å². The van der Waals surface area contributed by atoms with E-state index in [0.717, 1.165) is 30.5 Å². The molecule has 0 saturated carbocycles. The number of benzene rings is 2. The topological polar surface area (TPSA) is 61.4 Å². The van der Waals surface area contributed by atoms with Crippen molar-refractivity contribution in [1.29, 1.82) is 0 Å². The Hall–Kier alpha value is -3.11. The van der Waals surface area contributed by atoms with E-state index in [0.29, 0.717) is 5.56 Å². The summed E-state index contributed by atoms with van der Waals surface area (Å²) in [4.78, 5) is 11.5. The largest absolute Gasteiger partial charge is 0.478 e. The van der Waals surface area contributed by atoms with Crippen molar-refractivity contribution in [2.24, 2.45) is 0 Å². The molecule has 32 heavy (non-hydrogen) atoms. The zero-order valence-electron chi connectivity index (χ0n) is 20.1. The molecule has 0 radical (unpaired) electrons. The number of hydrogen-bond donors (Lipinski definition) is 3. The molecular formula is C28H38N2O2. The summed E-state index contributed by atoms with van der Waals surface area (Å²) in [6.45, 7) is 12.9. The third-order valence-corrected chi connectivity index (χ3v) is 4.97. The maximum atomic E-state index is 11.5. The predicted molar refractivity (Wildman–Crippen MR) is 137 cm³/mol. The fourth-order valence-corrected chi connectivity index (χ4v) is 3.36. The van der Waals surface area contributed by atoms with Crippen LogP contribution in [0.2, 0.25) is 0 Å². The summed E-state index contributed by atoms with van der Waals surface area (Å²) in [5.74, 6) is -0.909. The normalized spacial score (nSPS) is 12.4. The molecule has 0 aliphatic heterocycles. The molecule has 4 nitrogen and oxygen atoms in total. The van der Waals surface area contributed by atoms with Crippen LogP contribution in [0.4, 0.5) is 0 Å². The first-order valence-electron chi connectivity index (χ1n) is 11.3. The molecule has 3 N–H and O–H groups in total. The minimum atomic E-state index is -0.909. The van der Waals surface area contributed by atoms with Crippen LogP contribution in [-0.4, -0.2) is 30.7 Å². The lowest BCUT2D eigenvalue weighted by atomic mass is 9.96. The first kappa shape index (κ1) is 26.9. The number of aromatic carboxylic acids is 1. The molecule has 0 aromatic heterocycles. The monoisotopic (exact) mass is 434 g/mol. The van der Waals surface area contributed by atoms with E-state index in [1.165, 1.54) is 16.8 Å². The number of carboxylic acids is 1.